The van der Waals surface area contributed by atoms with Crippen molar-refractivity contribution in [2.45, 2.75) is 26.3 Å². The quantitative estimate of drug-likeness (QED) is 0.432. The molecule has 0 aliphatic carbocycles. The van der Waals surface area contributed by atoms with E-state index in [0.29, 0.717) is 41.5 Å². The van der Waals surface area contributed by atoms with E-state index in [2.05, 4.69) is 40.2 Å². The van der Waals surface area contributed by atoms with Gasteiger partial charge in [0.15, 0.2) is 0 Å². The Morgan fingerprint density at radius 2 is 2.06 bits per heavy atom. The summed E-state index contributed by atoms with van der Waals surface area (Å²) < 4.78 is 12.4. The van der Waals surface area contributed by atoms with Crippen LogP contribution in [0.1, 0.15) is 31.9 Å². The number of nitrogen functional groups attached to an aromatic ring is 1. The Hall–Kier alpha value is -4.17. The van der Waals surface area contributed by atoms with Crippen LogP contribution in [0, 0.1) is 23.7 Å². The molecule has 1 atom stereocenters. The largest absolute Gasteiger partial charge is 0.497 e. The number of rotatable bonds is 5. The van der Waals surface area contributed by atoms with Gasteiger partial charge in [-0.05, 0) is 32.3 Å². The van der Waals surface area contributed by atoms with Crippen LogP contribution in [0.5, 0.6) is 0 Å². The van der Waals surface area contributed by atoms with Gasteiger partial charge < -0.3 is 24.7 Å². The highest BCUT2D eigenvalue weighted by molar-refractivity contribution is 5.94. The van der Waals surface area contributed by atoms with Crippen LogP contribution in [-0.4, -0.2) is 52.7 Å². The van der Waals surface area contributed by atoms with Gasteiger partial charge >= 0.3 is 0 Å². The molecule has 2 aromatic heterocycles. The lowest BCUT2D eigenvalue weighted by Crippen LogP contribution is -2.27. The molecule has 0 bridgehead atoms. The minimum absolute atomic E-state index is 0.0553. The molecule has 2 aromatic rings. The predicted octanol–water partition coefficient (Wildman–Crippen LogP) is 2.80. The van der Waals surface area contributed by atoms with Gasteiger partial charge in [0.1, 0.15) is 29.3 Å². The number of hydrogen-bond acceptors (Lipinski definition) is 6. The maximum absolute atomic E-state index is 12.2. The average Bonchev–Trinajstić information content (AvgIpc) is 3.43. The first-order valence-electron chi connectivity index (χ1n) is 10.4. The molecular weight excluding hydrogens is 418 g/mol. The number of nitrogens with zero attached hydrogens (tertiary/aromatic N) is 4. The molecule has 8 heteroatoms. The molecule has 0 spiro atoms. The lowest BCUT2D eigenvalue weighted by molar-refractivity contribution is -0.124. The van der Waals surface area contributed by atoms with E-state index < -0.39 is 0 Å². The minimum atomic E-state index is -0.162. The molecule has 0 saturated carbocycles. The van der Waals surface area contributed by atoms with Gasteiger partial charge in [-0.1, -0.05) is 24.3 Å². The summed E-state index contributed by atoms with van der Waals surface area (Å²) in [6, 6.07) is 0.0553. The lowest BCUT2D eigenvalue weighted by Gasteiger charge is -2.15. The van der Waals surface area contributed by atoms with Gasteiger partial charge in [-0.25, -0.2) is 9.97 Å². The molecule has 0 radical (unpaired) electrons. The van der Waals surface area contributed by atoms with Crippen molar-refractivity contribution in [3.05, 3.63) is 53.9 Å². The van der Waals surface area contributed by atoms with E-state index in [1.165, 1.54) is 6.33 Å². The molecule has 1 saturated heterocycles. The van der Waals surface area contributed by atoms with Crippen molar-refractivity contribution in [1.29, 1.82) is 0 Å². The van der Waals surface area contributed by atoms with Gasteiger partial charge in [-0.3, -0.25) is 4.79 Å². The Morgan fingerprint density at radius 1 is 1.27 bits per heavy atom. The number of ether oxygens (including phenoxy) is 2. The van der Waals surface area contributed by atoms with Gasteiger partial charge in [-0.2, -0.15) is 0 Å². The molecular formula is C25H27N5O3. The van der Waals surface area contributed by atoms with E-state index in [1.54, 1.807) is 38.2 Å². The second-order valence-electron chi connectivity index (χ2n) is 7.47. The van der Waals surface area contributed by atoms with Crippen molar-refractivity contribution in [1.82, 2.24) is 19.4 Å². The molecule has 2 N–H and O–H groups in total. The summed E-state index contributed by atoms with van der Waals surface area (Å²) in [7, 11) is 3.11. The van der Waals surface area contributed by atoms with E-state index in [-0.39, 0.29) is 11.9 Å². The first-order valence-corrected chi connectivity index (χ1v) is 10.4. The minimum Gasteiger partial charge on any atom is -0.497 e. The maximum atomic E-state index is 12.2. The first-order chi connectivity index (χ1) is 15.9. The Labute approximate surface area is 193 Å². The van der Waals surface area contributed by atoms with E-state index in [0.717, 1.165) is 17.6 Å². The number of methoxy groups -OCH3 is 2. The van der Waals surface area contributed by atoms with Crippen molar-refractivity contribution in [3.8, 4) is 23.7 Å². The van der Waals surface area contributed by atoms with Crippen LogP contribution in [0.3, 0.4) is 0 Å². The maximum Gasteiger partial charge on any atom is 0.298 e. The summed E-state index contributed by atoms with van der Waals surface area (Å²) >= 11 is 0. The van der Waals surface area contributed by atoms with E-state index in [9.17, 15) is 4.79 Å². The number of anilines is 1. The molecule has 1 unspecified atom stereocenters. The van der Waals surface area contributed by atoms with E-state index in [4.69, 9.17) is 15.2 Å². The standard InChI is InChI=1S/C25H27N5O3/c1-6-7-22(31)29-11-10-20(15-29)30-14-19(23-24(26)27-16-28-25(23)30)9-8-17(2)12-21(33-5)13-18(3)32-4/h12-14,16,20H,3,10-11,15H2,1-2,4-5H3,(H2,26,27,28)/b17-12+,21-13+. The van der Waals surface area contributed by atoms with Crippen molar-refractivity contribution >= 4 is 22.8 Å². The third-order valence-electron chi connectivity index (χ3n) is 5.27. The van der Waals surface area contributed by atoms with Gasteiger partial charge in [0.05, 0.1) is 31.2 Å². The number of carbonyl (C=O) groups is 1. The second kappa shape index (κ2) is 10.4. The van der Waals surface area contributed by atoms with E-state index in [1.807, 2.05) is 17.7 Å². The summed E-state index contributed by atoms with van der Waals surface area (Å²) in [5, 5.41) is 0.700. The van der Waals surface area contributed by atoms with Crippen LogP contribution >= 0.6 is 0 Å². The number of amides is 1. The number of aromatic nitrogens is 3. The number of fused-ring (bicyclic) bond motifs is 1. The number of allylic oxidation sites excluding steroid dienone is 3. The molecule has 3 heterocycles. The SMILES string of the molecule is C=C(/C=C(\C=C(/C)C#Cc1cn(C2CCN(C(=O)C#CC)C2)c2ncnc(N)c12)OC)OC. The van der Waals surface area contributed by atoms with Crippen molar-refractivity contribution in [3.63, 3.8) is 0 Å². The molecule has 33 heavy (non-hydrogen) atoms. The highest BCUT2D eigenvalue weighted by atomic mass is 16.5. The number of carbonyl (C=O) groups excluding carboxylic acids is 1. The monoisotopic (exact) mass is 445 g/mol. The topological polar surface area (TPSA) is 95.5 Å². The zero-order valence-corrected chi connectivity index (χ0v) is 19.3. The summed E-state index contributed by atoms with van der Waals surface area (Å²) in [4.78, 5) is 22.5. The molecule has 1 fully saturated rings. The van der Waals surface area contributed by atoms with Gasteiger partial charge in [0, 0.05) is 30.9 Å². The highest BCUT2D eigenvalue weighted by Crippen LogP contribution is 2.30. The fourth-order valence-electron chi connectivity index (χ4n) is 3.61. The Morgan fingerprint density at radius 3 is 2.76 bits per heavy atom. The zero-order valence-electron chi connectivity index (χ0n) is 19.3. The fourth-order valence-corrected chi connectivity index (χ4v) is 3.61. The summed E-state index contributed by atoms with van der Waals surface area (Å²) in [5.74, 6) is 12.8. The summed E-state index contributed by atoms with van der Waals surface area (Å²) in [5.41, 5.74) is 8.38. The zero-order chi connectivity index (χ0) is 24.0. The number of hydrogen-bond donors (Lipinski definition) is 1. The molecule has 1 aliphatic heterocycles. The Balaban J connectivity index is 1.95. The normalized spacial score (nSPS) is 16.0. The smallest absolute Gasteiger partial charge is 0.298 e. The average molecular weight is 446 g/mol. The molecule has 0 aromatic carbocycles. The third kappa shape index (κ3) is 5.36. The molecule has 1 aliphatic rings. The van der Waals surface area contributed by atoms with Crippen LogP contribution < -0.4 is 5.73 Å². The summed E-state index contributed by atoms with van der Waals surface area (Å²) in [6.07, 6.45) is 7.64. The van der Waals surface area contributed by atoms with Crippen molar-refractivity contribution < 1.29 is 14.3 Å². The van der Waals surface area contributed by atoms with Crippen molar-refractivity contribution in [2.75, 3.05) is 33.0 Å². The van der Waals surface area contributed by atoms with Gasteiger partial charge in [0.25, 0.3) is 5.91 Å². The van der Waals surface area contributed by atoms with Crippen LogP contribution in [0.2, 0.25) is 0 Å². The lowest BCUT2D eigenvalue weighted by atomic mass is 10.2. The molecule has 8 nitrogen and oxygen atoms in total. The number of nitrogens with two attached hydrogens (primary N) is 1. The number of likely N-dealkylation sites (tertiary alicyclic amines) is 1. The molecule has 1 amide bonds. The van der Waals surface area contributed by atoms with Crippen LogP contribution in [-0.2, 0) is 14.3 Å². The van der Waals surface area contributed by atoms with Gasteiger partial charge in [0.2, 0.25) is 0 Å². The Bertz CT molecular complexity index is 1260. The van der Waals surface area contributed by atoms with Gasteiger partial charge in [-0.15, -0.1) is 0 Å². The first kappa shape index (κ1) is 23.5. The Kier molecular flexibility index (Phi) is 7.42. The fraction of sp³-hybridized carbons (Fsp3) is 0.320. The summed E-state index contributed by atoms with van der Waals surface area (Å²) in [6.45, 7) is 8.50. The third-order valence-corrected chi connectivity index (χ3v) is 5.27. The second-order valence-corrected chi connectivity index (χ2v) is 7.47. The predicted molar refractivity (Wildman–Crippen MR) is 128 cm³/mol. The van der Waals surface area contributed by atoms with Crippen LogP contribution in [0.15, 0.2) is 48.3 Å². The van der Waals surface area contributed by atoms with Crippen LogP contribution in [0.25, 0.3) is 11.0 Å². The van der Waals surface area contributed by atoms with Crippen molar-refractivity contribution in [2.24, 2.45) is 0 Å². The molecule has 3 rings (SSSR count). The molecule has 170 valence electrons. The highest BCUT2D eigenvalue weighted by Gasteiger charge is 2.28. The van der Waals surface area contributed by atoms with E-state index >= 15 is 0 Å². The van der Waals surface area contributed by atoms with Crippen LogP contribution in [0.4, 0.5) is 5.82 Å².